The number of hydrogen-bond acceptors (Lipinski definition) is 8. The van der Waals surface area contributed by atoms with Gasteiger partial charge in [-0.2, -0.15) is 5.21 Å². The number of nitrogens with zero attached hydrogens (tertiary/aromatic N) is 4. The highest BCUT2D eigenvalue weighted by atomic mass is 16.5. The fraction of sp³-hybridized carbons (Fsp3) is 0.409. The Hall–Kier alpha value is -3.69. The Kier molecular flexibility index (Phi) is 7.96. The van der Waals surface area contributed by atoms with Gasteiger partial charge in [0.1, 0.15) is 17.3 Å². The summed E-state index contributed by atoms with van der Waals surface area (Å²) in [6.07, 6.45) is 3.48. The minimum atomic E-state index is -0.860. The number of nitrogens with one attached hydrogen (secondary N) is 2. The highest BCUT2D eigenvalue weighted by Crippen LogP contribution is 2.30. The van der Waals surface area contributed by atoms with Crippen LogP contribution in [0.25, 0.3) is 0 Å². The van der Waals surface area contributed by atoms with E-state index < -0.39 is 17.8 Å². The number of methoxy groups -OCH3 is 2. The molecule has 2 unspecified atom stereocenters. The fourth-order valence-electron chi connectivity index (χ4n) is 3.61. The first-order valence-electron chi connectivity index (χ1n) is 10.4. The Labute approximate surface area is 186 Å². The van der Waals surface area contributed by atoms with Crippen molar-refractivity contribution in [3.63, 3.8) is 0 Å². The lowest BCUT2D eigenvalue weighted by molar-refractivity contribution is -0.142. The van der Waals surface area contributed by atoms with E-state index in [1.807, 2.05) is 37.3 Å². The molecule has 0 aliphatic heterocycles. The molecule has 0 radical (unpaired) electrons. The third-order valence-corrected chi connectivity index (χ3v) is 5.26. The van der Waals surface area contributed by atoms with E-state index >= 15 is 0 Å². The zero-order valence-electron chi connectivity index (χ0n) is 18.4. The lowest BCUT2D eigenvalue weighted by Gasteiger charge is -2.21. The molecule has 10 nitrogen and oxygen atoms in total. The number of hydrogen-bond donors (Lipinski definition) is 3. The third-order valence-electron chi connectivity index (χ3n) is 5.26. The standard InChI is InChI=1S/C22H28N6O4/c1-4-5-18(22(29)30)19(21-25-27-28-26-21)10-14-6-7-20(23-12-14)24-13-15-8-16(31-2)11-17(9-15)32-3/h6-9,11-12,18-19H,4-5,10,13H2,1-3H3,(H,23,24)(H,29,30)(H,25,26,27,28). The highest BCUT2D eigenvalue weighted by molar-refractivity contribution is 5.71. The summed E-state index contributed by atoms with van der Waals surface area (Å²) in [7, 11) is 3.23. The summed E-state index contributed by atoms with van der Waals surface area (Å²) in [5.74, 6) is 0.695. The van der Waals surface area contributed by atoms with Crippen LogP contribution in [-0.4, -0.2) is 50.9 Å². The number of H-pyrrole nitrogens is 1. The number of benzene rings is 1. The van der Waals surface area contributed by atoms with Gasteiger partial charge in [0, 0.05) is 24.7 Å². The molecule has 2 heterocycles. The number of carbonyl (C=O) groups is 1. The average molecular weight is 441 g/mol. The molecular weight excluding hydrogens is 412 g/mol. The molecule has 1 aromatic carbocycles. The van der Waals surface area contributed by atoms with E-state index in [-0.39, 0.29) is 0 Å². The maximum Gasteiger partial charge on any atom is 0.307 e. The number of aromatic amines is 1. The number of tetrazole rings is 1. The quantitative estimate of drug-likeness (QED) is 0.388. The summed E-state index contributed by atoms with van der Waals surface area (Å²) < 4.78 is 10.6. The molecule has 0 fully saturated rings. The number of carboxylic acids is 1. The monoisotopic (exact) mass is 440 g/mol. The second-order valence-corrected chi connectivity index (χ2v) is 7.44. The molecule has 3 rings (SSSR count). The number of ether oxygens (including phenoxy) is 2. The Morgan fingerprint density at radius 2 is 1.91 bits per heavy atom. The van der Waals surface area contributed by atoms with Crippen molar-refractivity contribution in [2.24, 2.45) is 5.92 Å². The van der Waals surface area contributed by atoms with Crippen molar-refractivity contribution < 1.29 is 19.4 Å². The molecule has 0 spiro atoms. The Bertz CT molecular complexity index is 972. The molecule has 32 heavy (non-hydrogen) atoms. The molecule has 10 heteroatoms. The van der Waals surface area contributed by atoms with Crippen LogP contribution in [0.1, 0.15) is 42.6 Å². The maximum atomic E-state index is 11.9. The second-order valence-electron chi connectivity index (χ2n) is 7.44. The van der Waals surface area contributed by atoms with Gasteiger partial charge in [-0.15, -0.1) is 10.2 Å². The van der Waals surface area contributed by atoms with Gasteiger partial charge < -0.3 is 19.9 Å². The number of carboxylic acid groups (broad SMARTS) is 1. The van der Waals surface area contributed by atoms with Gasteiger partial charge in [0.15, 0.2) is 5.82 Å². The van der Waals surface area contributed by atoms with Crippen LogP contribution in [0.2, 0.25) is 0 Å². The highest BCUT2D eigenvalue weighted by Gasteiger charge is 2.32. The normalized spacial score (nSPS) is 12.7. The lowest BCUT2D eigenvalue weighted by Crippen LogP contribution is -2.25. The van der Waals surface area contributed by atoms with Gasteiger partial charge in [-0.25, -0.2) is 4.98 Å². The van der Waals surface area contributed by atoms with E-state index in [0.717, 1.165) is 29.0 Å². The molecule has 0 aliphatic carbocycles. The van der Waals surface area contributed by atoms with Crippen LogP contribution in [0.3, 0.4) is 0 Å². The van der Waals surface area contributed by atoms with Crippen LogP contribution >= 0.6 is 0 Å². The van der Waals surface area contributed by atoms with Crippen molar-refractivity contribution in [3.8, 4) is 11.5 Å². The van der Waals surface area contributed by atoms with Crippen molar-refractivity contribution in [1.82, 2.24) is 25.6 Å². The van der Waals surface area contributed by atoms with E-state index in [0.29, 0.717) is 31.0 Å². The number of rotatable bonds is 12. The minimum Gasteiger partial charge on any atom is -0.497 e. The molecule has 0 bridgehead atoms. The summed E-state index contributed by atoms with van der Waals surface area (Å²) >= 11 is 0. The van der Waals surface area contributed by atoms with E-state index in [1.54, 1.807) is 20.4 Å². The van der Waals surface area contributed by atoms with Crippen LogP contribution in [-0.2, 0) is 17.8 Å². The molecule has 0 amide bonds. The lowest BCUT2D eigenvalue weighted by atomic mass is 9.83. The predicted octanol–water partition coefficient (Wildman–Crippen LogP) is 3.05. The number of aliphatic carboxylic acids is 1. The van der Waals surface area contributed by atoms with Gasteiger partial charge in [0.25, 0.3) is 0 Å². The molecule has 3 aromatic rings. The average Bonchev–Trinajstić information content (AvgIpc) is 3.35. The Morgan fingerprint density at radius 3 is 2.44 bits per heavy atom. The molecule has 0 saturated carbocycles. The van der Waals surface area contributed by atoms with Gasteiger partial charge in [-0.3, -0.25) is 4.79 Å². The topological polar surface area (TPSA) is 135 Å². The molecule has 2 atom stereocenters. The summed E-state index contributed by atoms with van der Waals surface area (Å²) in [6, 6.07) is 9.48. The van der Waals surface area contributed by atoms with E-state index in [9.17, 15) is 9.90 Å². The number of aromatic nitrogens is 5. The van der Waals surface area contributed by atoms with Crippen LogP contribution < -0.4 is 14.8 Å². The van der Waals surface area contributed by atoms with Crippen molar-refractivity contribution >= 4 is 11.8 Å². The molecule has 2 aromatic heterocycles. The minimum absolute atomic E-state index is 0.393. The first-order valence-corrected chi connectivity index (χ1v) is 10.4. The van der Waals surface area contributed by atoms with E-state index in [2.05, 4.69) is 30.9 Å². The molecule has 0 aliphatic rings. The summed E-state index contributed by atoms with van der Waals surface area (Å²) in [5.41, 5.74) is 1.89. The maximum absolute atomic E-state index is 11.9. The van der Waals surface area contributed by atoms with Gasteiger partial charge in [-0.1, -0.05) is 24.6 Å². The van der Waals surface area contributed by atoms with Crippen LogP contribution in [0, 0.1) is 5.92 Å². The first-order chi connectivity index (χ1) is 15.5. The van der Waals surface area contributed by atoms with Crippen molar-refractivity contribution in [1.29, 1.82) is 0 Å². The fourth-order valence-corrected chi connectivity index (χ4v) is 3.61. The zero-order chi connectivity index (χ0) is 22.9. The largest absolute Gasteiger partial charge is 0.497 e. The number of pyridine rings is 1. The summed E-state index contributed by atoms with van der Waals surface area (Å²) in [4.78, 5) is 16.3. The molecule has 170 valence electrons. The predicted molar refractivity (Wildman–Crippen MR) is 118 cm³/mol. The zero-order valence-corrected chi connectivity index (χ0v) is 18.4. The molecule has 3 N–H and O–H groups in total. The molecule has 0 saturated heterocycles. The van der Waals surface area contributed by atoms with Crippen LogP contribution in [0.5, 0.6) is 11.5 Å². The van der Waals surface area contributed by atoms with E-state index in [4.69, 9.17) is 9.47 Å². The smallest absolute Gasteiger partial charge is 0.307 e. The molecular formula is C22H28N6O4. The Morgan fingerprint density at radius 1 is 1.16 bits per heavy atom. The van der Waals surface area contributed by atoms with Gasteiger partial charge in [0.05, 0.1) is 20.1 Å². The van der Waals surface area contributed by atoms with Gasteiger partial charge in [0.2, 0.25) is 0 Å². The van der Waals surface area contributed by atoms with E-state index in [1.165, 1.54) is 0 Å². The van der Waals surface area contributed by atoms with Crippen molar-refractivity contribution in [3.05, 3.63) is 53.5 Å². The summed E-state index contributed by atoms with van der Waals surface area (Å²) in [6.45, 7) is 2.51. The third kappa shape index (κ3) is 5.93. The SMILES string of the molecule is CCCC(C(=O)O)C(Cc1ccc(NCc2cc(OC)cc(OC)c2)nc1)c1nn[nH]n1. The van der Waals surface area contributed by atoms with Crippen molar-refractivity contribution in [2.75, 3.05) is 19.5 Å². The second kappa shape index (κ2) is 11.1. The van der Waals surface area contributed by atoms with Gasteiger partial charge >= 0.3 is 5.97 Å². The van der Waals surface area contributed by atoms with Crippen LogP contribution in [0.15, 0.2) is 36.5 Å². The van der Waals surface area contributed by atoms with Gasteiger partial charge in [-0.05, 0) is 42.2 Å². The van der Waals surface area contributed by atoms with Crippen LogP contribution in [0.4, 0.5) is 5.82 Å². The summed E-state index contributed by atoms with van der Waals surface area (Å²) in [5, 5.41) is 27.1. The Balaban J connectivity index is 1.69. The first kappa shape index (κ1) is 23.0. The number of anilines is 1. The van der Waals surface area contributed by atoms with Crippen molar-refractivity contribution in [2.45, 2.75) is 38.6 Å².